The lowest BCUT2D eigenvalue weighted by Crippen LogP contribution is -2.11. The van der Waals surface area contributed by atoms with Crippen LogP contribution in [-0.2, 0) is 13.0 Å². The molecule has 1 N–H and O–H groups in total. The van der Waals surface area contributed by atoms with Crippen LogP contribution < -0.4 is 0 Å². The van der Waals surface area contributed by atoms with Crippen molar-refractivity contribution in [1.82, 2.24) is 14.8 Å². The molecular weight excluding hydrogens is 226 g/mol. The van der Waals surface area contributed by atoms with Gasteiger partial charge in [0.05, 0.1) is 12.6 Å². The van der Waals surface area contributed by atoms with Crippen molar-refractivity contribution in [3.63, 3.8) is 0 Å². The smallest absolute Gasteiger partial charge is 0.147 e. The minimum Gasteiger partial charge on any atom is -0.386 e. The fourth-order valence-electron chi connectivity index (χ4n) is 1.98. The van der Waals surface area contributed by atoms with Gasteiger partial charge in [-0.3, -0.25) is 0 Å². The molecule has 1 atom stereocenters. The Morgan fingerprint density at radius 2 is 1.89 bits per heavy atom. The predicted octanol–water partition coefficient (Wildman–Crippen LogP) is 2.19. The maximum atomic E-state index is 10.2. The fourth-order valence-corrected chi connectivity index (χ4v) is 1.98. The van der Waals surface area contributed by atoms with Gasteiger partial charge >= 0.3 is 0 Å². The van der Waals surface area contributed by atoms with Crippen LogP contribution in [0.3, 0.4) is 0 Å². The average molecular weight is 245 g/mol. The van der Waals surface area contributed by atoms with Crippen LogP contribution in [0, 0.1) is 13.8 Å². The lowest BCUT2D eigenvalue weighted by Gasteiger charge is -2.12. The van der Waals surface area contributed by atoms with Crippen molar-refractivity contribution in [1.29, 1.82) is 0 Å². The summed E-state index contributed by atoms with van der Waals surface area (Å²) in [4.78, 5) is 4.23. The molecule has 1 unspecified atom stereocenters. The molecule has 4 nitrogen and oxygen atoms in total. The zero-order valence-electron chi connectivity index (χ0n) is 11.1. The molecule has 0 fully saturated rings. The first-order valence-corrected chi connectivity index (χ1v) is 6.25. The summed E-state index contributed by atoms with van der Waals surface area (Å²) in [6, 6.07) is 8.06. The van der Waals surface area contributed by atoms with Gasteiger partial charge in [-0.1, -0.05) is 31.2 Å². The zero-order valence-corrected chi connectivity index (χ0v) is 11.1. The van der Waals surface area contributed by atoms with Gasteiger partial charge < -0.3 is 5.11 Å². The number of aromatic nitrogens is 3. The van der Waals surface area contributed by atoms with E-state index in [-0.39, 0.29) is 0 Å². The molecule has 18 heavy (non-hydrogen) atoms. The van der Waals surface area contributed by atoms with Crippen molar-refractivity contribution in [2.45, 2.75) is 39.8 Å². The monoisotopic (exact) mass is 245 g/mol. The minimum absolute atomic E-state index is 0.443. The molecule has 96 valence electrons. The molecule has 0 aliphatic carbocycles. The third-order valence-electron chi connectivity index (χ3n) is 3.08. The third-order valence-corrected chi connectivity index (χ3v) is 3.08. The van der Waals surface area contributed by atoms with Crippen LogP contribution in [0.2, 0.25) is 0 Å². The Kier molecular flexibility index (Phi) is 3.77. The molecule has 0 radical (unpaired) electrons. The Morgan fingerprint density at radius 1 is 1.22 bits per heavy atom. The molecule has 1 aromatic heterocycles. The molecule has 0 saturated heterocycles. The van der Waals surface area contributed by atoms with E-state index in [1.54, 1.807) is 4.68 Å². The number of nitrogens with zero attached hydrogens (tertiary/aromatic N) is 3. The second-order valence-electron chi connectivity index (χ2n) is 4.50. The van der Waals surface area contributed by atoms with E-state index in [0.29, 0.717) is 6.54 Å². The molecular formula is C14H19N3O. The van der Waals surface area contributed by atoms with Gasteiger partial charge in [-0.2, -0.15) is 5.10 Å². The Balaban J connectivity index is 2.11. The summed E-state index contributed by atoms with van der Waals surface area (Å²) in [5.74, 6) is 1.57. The summed E-state index contributed by atoms with van der Waals surface area (Å²) in [6.45, 7) is 6.31. The summed E-state index contributed by atoms with van der Waals surface area (Å²) in [7, 11) is 0. The first-order chi connectivity index (χ1) is 8.60. The standard InChI is InChI=1S/C14H19N3O/c1-4-12-5-7-13(8-6-12)14(18)9-17-11(3)15-10(2)16-17/h5-8,14,18H,4,9H2,1-3H3. The summed E-state index contributed by atoms with van der Waals surface area (Å²) in [5.41, 5.74) is 2.19. The van der Waals surface area contributed by atoms with Crippen LogP contribution in [0.25, 0.3) is 0 Å². The number of aliphatic hydroxyl groups is 1. The van der Waals surface area contributed by atoms with Crippen LogP contribution in [0.1, 0.15) is 35.8 Å². The van der Waals surface area contributed by atoms with E-state index in [2.05, 4.69) is 29.1 Å². The molecule has 1 heterocycles. The molecule has 1 aromatic carbocycles. The van der Waals surface area contributed by atoms with Gasteiger partial charge in [0.15, 0.2) is 0 Å². The lowest BCUT2D eigenvalue weighted by atomic mass is 10.1. The van der Waals surface area contributed by atoms with Crippen LogP contribution in [-0.4, -0.2) is 19.9 Å². The van der Waals surface area contributed by atoms with Gasteiger partial charge in [0.25, 0.3) is 0 Å². The van der Waals surface area contributed by atoms with Crippen molar-refractivity contribution in [3.05, 3.63) is 47.0 Å². The molecule has 0 aliphatic heterocycles. The molecule has 2 aromatic rings. The molecule has 0 spiro atoms. The van der Waals surface area contributed by atoms with E-state index >= 15 is 0 Å². The molecule has 0 aliphatic rings. The van der Waals surface area contributed by atoms with Crippen molar-refractivity contribution in [2.75, 3.05) is 0 Å². The van der Waals surface area contributed by atoms with Crippen molar-refractivity contribution in [2.24, 2.45) is 0 Å². The second kappa shape index (κ2) is 5.31. The maximum Gasteiger partial charge on any atom is 0.147 e. The largest absolute Gasteiger partial charge is 0.386 e. The maximum absolute atomic E-state index is 10.2. The van der Waals surface area contributed by atoms with Gasteiger partial charge in [-0.15, -0.1) is 0 Å². The number of hydrogen-bond donors (Lipinski definition) is 1. The van der Waals surface area contributed by atoms with E-state index in [1.165, 1.54) is 5.56 Å². The van der Waals surface area contributed by atoms with Gasteiger partial charge in [0, 0.05) is 0 Å². The first kappa shape index (κ1) is 12.8. The average Bonchev–Trinajstić information content (AvgIpc) is 2.68. The Morgan fingerprint density at radius 3 is 2.39 bits per heavy atom. The van der Waals surface area contributed by atoms with Gasteiger partial charge in [0.1, 0.15) is 11.6 Å². The van der Waals surface area contributed by atoms with Gasteiger partial charge in [0.2, 0.25) is 0 Å². The van der Waals surface area contributed by atoms with Crippen molar-refractivity contribution < 1.29 is 5.11 Å². The highest BCUT2D eigenvalue weighted by Gasteiger charge is 2.11. The quantitative estimate of drug-likeness (QED) is 0.898. The molecule has 0 saturated carbocycles. The van der Waals surface area contributed by atoms with E-state index in [1.807, 2.05) is 26.0 Å². The minimum atomic E-state index is -0.546. The number of benzene rings is 1. The summed E-state index contributed by atoms with van der Waals surface area (Å²) in [6.07, 6.45) is 0.466. The molecule has 0 amide bonds. The lowest BCUT2D eigenvalue weighted by molar-refractivity contribution is 0.150. The molecule has 0 bridgehead atoms. The SMILES string of the molecule is CCc1ccc(C(O)Cn2nc(C)nc2C)cc1. The summed E-state index contributed by atoms with van der Waals surface area (Å²) in [5, 5.41) is 14.4. The number of aryl methyl sites for hydroxylation is 3. The number of hydrogen-bond acceptors (Lipinski definition) is 3. The van der Waals surface area contributed by atoms with E-state index in [0.717, 1.165) is 23.6 Å². The Labute approximate surface area is 107 Å². The van der Waals surface area contributed by atoms with Crippen LogP contribution in [0.15, 0.2) is 24.3 Å². The first-order valence-electron chi connectivity index (χ1n) is 6.25. The highest BCUT2D eigenvalue weighted by Crippen LogP contribution is 2.16. The van der Waals surface area contributed by atoms with Gasteiger partial charge in [-0.25, -0.2) is 9.67 Å². The fraction of sp³-hybridized carbons (Fsp3) is 0.429. The third kappa shape index (κ3) is 2.76. The number of rotatable bonds is 4. The normalized spacial score (nSPS) is 12.7. The topological polar surface area (TPSA) is 50.9 Å². The Bertz CT molecular complexity index is 516. The van der Waals surface area contributed by atoms with Crippen LogP contribution in [0.4, 0.5) is 0 Å². The number of aliphatic hydroxyl groups excluding tert-OH is 1. The van der Waals surface area contributed by atoms with Crippen molar-refractivity contribution >= 4 is 0 Å². The second-order valence-corrected chi connectivity index (χ2v) is 4.50. The van der Waals surface area contributed by atoms with Gasteiger partial charge in [-0.05, 0) is 31.4 Å². The summed E-state index contributed by atoms with van der Waals surface area (Å²) < 4.78 is 1.74. The van der Waals surface area contributed by atoms with E-state index < -0.39 is 6.10 Å². The van der Waals surface area contributed by atoms with E-state index in [4.69, 9.17) is 0 Å². The van der Waals surface area contributed by atoms with E-state index in [9.17, 15) is 5.11 Å². The van der Waals surface area contributed by atoms with Crippen molar-refractivity contribution in [3.8, 4) is 0 Å². The molecule has 4 heteroatoms. The zero-order chi connectivity index (χ0) is 13.1. The van der Waals surface area contributed by atoms with Crippen LogP contribution >= 0.6 is 0 Å². The summed E-state index contributed by atoms with van der Waals surface area (Å²) >= 11 is 0. The highest BCUT2D eigenvalue weighted by molar-refractivity contribution is 5.24. The predicted molar refractivity (Wildman–Crippen MR) is 70.3 cm³/mol. The Hall–Kier alpha value is -1.68. The molecule has 2 rings (SSSR count). The highest BCUT2D eigenvalue weighted by atomic mass is 16.3. The van der Waals surface area contributed by atoms with Crippen LogP contribution in [0.5, 0.6) is 0 Å².